The number of ether oxygens (including phenoxy) is 2. The molecule has 0 heterocycles. The van der Waals surface area contributed by atoms with E-state index in [4.69, 9.17) is 9.47 Å². The highest BCUT2D eigenvalue weighted by molar-refractivity contribution is 5.39. The zero-order valence-corrected chi connectivity index (χ0v) is 7.64. The van der Waals surface area contributed by atoms with Crippen LogP contribution in [-0.4, -0.2) is 25.2 Å². The lowest BCUT2D eigenvalue weighted by molar-refractivity contribution is -0.159. The fourth-order valence-electron chi connectivity index (χ4n) is 1.84. The Morgan fingerprint density at radius 3 is 2.46 bits per heavy atom. The second kappa shape index (κ2) is 4.84. The molecule has 4 nitrogen and oxygen atoms in total. The molecule has 1 rings (SSSR count). The molecule has 1 aliphatic carbocycles. The summed E-state index contributed by atoms with van der Waals surface area (Å²) in [5, 5.41) is 0. The highest BCUT2D eigenvalue weighted by Gasteiger charge is 2.33. The summed E-state index contributed by atoms with van der Waals surface area (Å²) in [6.07, 6.45) is 2.28. The maximum atomic E-state index is 10.2. The van der Waals surface area contributed by atoms with Crippen LogP contribution in [0, 0.1) is 5.92 Å². The van der Waals surface area contributed by atoms with Gasteiger partial charge >= 0.3 is 0 Å². The molecule has 1 fully saturated rings. The van der Waals surface area contributed by atoms with Crippen LogP contribution in [0.3, 0.4) is 0 Å². The Morgan fingerprint density at radius 2 is 1.85 bits per heavy atom. The molecular formula is C9H14O4. The predicted molar refractivity (Wildman–Crippen MR) is 44.9 cm³/mol. The van der Waals surface area contributed by atoms with Gasteiger partial charge in [0.2, 0.25) is 0 Å². The van der Waals surface area contributed by atoms with Crippen molar-refractivity contribution in [1.29, 1.82) is 0 Å². The Morgan fingerprint density at radius 1 is 1.15 bits per heavy atom. The lowest BCUT2D eigenvalue weighted by atomic mass is 9.85. The Hall–Kier alpha value is -1.06. The second-order valence-electron chi connectivity index (χ2n) is 3.38. The van der Waals surface area contributed by atoms with Crippen LogP contribution >= 0.6 is 0 Å². The summed E-state index contributed by atoms with van der Waals surface area (Å²) in [5.74, 6) is 0.267. The first-order valence-corrected chi connectivity index (χ1v) is 4.47. The summed E-state index contributed by atoms with van der Waals surface area (Å²) in [6, 6.07) is 0. The highest BCUT2D eigenvalue weighted by Crippen LogP contribution is 2.28. The SMILES string of the molecule is CC1CCCC(OC=O)C1OC=O. The van der Waals surface area contributed by atoms with Gasteiger partial charge in [-0.1, -0.05) is 6.92 Å². The van der Waals surface area contributed by atoms with Crippen molar-refractivity contribution in [2.45, 2.75) is 38.4 Å². The van der Waals surface area contributed by atoms with Gasteiger partial charge in [-0.3, -0.25) is 9.59 Å². The fraction of sp³-hybridized carbons (Fsp3) is 0.778. The topological polar surface area (TPSA) is 52.6 Å². The largest absolute Gasteiger partial charge is 0.461 e. The van der Waals surface area contributed by atoms with Crippen molar-refractivity contribution in [3.63, 3.8) is 0 Å². The molecule has 4 heteroatoms. The van der Waals surface area contributed by atoms with Crippen LogP contribution in [-0.2, 0) is 19.1 Å². The summed E-state index contributed by atoms with van der Waals surface area (Å²) in [5.41, 5.74) is 0. The van der Waals surface area contributed by atoms with Gasteiger partial charge in [0.1, 0.15) is 12.2 Å². The quantitative estimate of drug-likeness (QED) is 0.612. The molecule has 3 atom stereocenters. The van der Waals surface area contributed by atoms with Crippen molar-refractivity contribution in [1.82, 2.24) is 0 Å². The maximum Gasteiger partial charge on any atom is 0.293 e. The molecule has 1 saturated carbocycles. The third-order valence-corrected chi connectivity index (χ3v) is 2.52. The summed E-state index contributed by atoms with van der Waals surface area (Å²) >= 11 is 0. The van der Waals surface area contributed by atoms with Crippen LogP contribution in [0.25, 0.3) is 0 Å². The van der Waals surface area contributed by atoms with E-state index in [2.05, 4.69) is 0 Å². The number of hydrogen-bond donors (Lipinski definition) is 0. The molecular weight excluding hydrogens is 172 g/mol. The summed E-state index contributed by atoms with van der Waals surface area (Å²) in [4.78, 5) is 20.4. The summed E-state index contributed by atoms with van der Waals surface area (Å²) in [7, 11) is 0. The van der Waals surface area contributed by atoms with Gasteiger partial charge in [-0.2, -0.15) is 0 Å². The van der Waals surface area contributed by atoms with Crippen LogP contribution in [0.15, 0.2) is 0 Å². The highest BCUT2D eigenvalue weighted by atomic mass is 16.6. The first kappa shape index (κ1) is 10.0. The molecule has 1 aliphatic rings. The van der Waals surface area contributed by atoms with Gasteiger partial charge in [-0.25, -0.2) is 0 Å². The maximum absolute atomic E-state index is 10.2. The van der Waals surface area contributed by atoms with Crippen LogP contribution in [0.2, 0.25) is 0 Å². The van der Waals surface area contributed by atoms with Crippen molar-refractivity contribution in [3.05, 3.63) is 0 Å². The average molecular weight is 186 g/mol. The third-order valence-electron chi connectivity index (χ3n) is 2.52. The number of carbonyl (C=O) groups is 2. The Labute approximate surface area is 77.2 Å². The minimum absolute atomic E-state index is 0.258. The van der Waals surface area contributed by atoms with E-state index < -0.39 is 0 Å². The standard InChI is InChI=1S/C9H14O4/c1-7-3-2-4-8(12-5-10)9(7)13-6-11/h5-9H,2-4H2,1H3. The smallest absolute Gasteiger partial charge is 0.293 e. The first-order chi connectivity index (χ1) is 6.29. The van der Waals surface area contributed by atoms with E-state index in [1.165, 1.54) is 0 Å². The van der Waals surface area contributed by atoms with Crippen molar-refractivity contribution in [2.24, 2.45) is 5.92 Å². The van der Waals surface area contributed by atoms with Gasteiger partial charge in [-0.15, -0.1) is 0 Å². The normalized spacial score (nSPS) is 33.5. The van der Waals surface area contributed by atoms with Gasteiger partial charge in [0.15, 0.2) is 0 Å². The van der Waals surface area contributed by atoms with Gasteiger partial charge in [0.05, 0.1) is 0 Å². The number of carbonyl (C=O) groups excluding carboxylic acids is 2. The second-order valence-corrected chi connectivity index (χ2v) is 3.38. The molecule has 0 aromatic carbocycles. The van der Waals surface area contributed by atoms with Crippen molar-refractivity contribution < 1.29 is 19.1 Å². The Balaban J connectivity index is 2.55. The molecule has 0 radical (unpaired) electrons. The average Bonchev–Trinajstić information content (AvgIpc) is 2.11. The zero-order valence-electron chi connectivity index (χ0n) is 7.64. The lowest BCUT2D eigenvalue weighted by Gasteiger charge is -2.33. The number of rotatable bonds is 4. The first-order valence-electron chi connectivity index (χ1n) is 4.47. The monoisotopic (exact) mass is 186 g/mol. The molecule has 13 heavy (non-hydrogen) atoms. The molecule has 0 amide bonds. The van der Waals surface area contributed by atoms with E-state index >= 15 is 0 Å². The molecule has 0 spiro atoms. The van der Waals surface area contributed by atoms with Gasteiger partial charge in [0, 0.05) is 0 Å². The van der Waals surface area contributed by atoms with Crippen molar-refractivity contribution in [3.8, 4) is 0 Å². The number of hydrogen-bond acceptors (Lipinski definition) is 4. The van der Waals surface area contributed by atoms with E-state index in [0.29, 0.717) is 12.9 Å². The zero-order chi connectivity index (χ0) is 9.68. The molecule has 74 valence electrons. The molecule has 0 saturated heterocycles. The summed E-state index contributed by atoms with van der Waals surface area (Å²) < 4.78 is 9.75. The molecule has 0 aromatic heterocycles. The summed E-state index contributed by atoms with van der Waals surface area (Å²) in [6.45, 7) is 2.84. The fourth-order valence-corrected chi connectivity index (χ4v) is 1.84. The Bertz CT molecular complexity index is 180. The van der Waals surface area contributed by atoms with E-state index in [0.717, 1.165) is 19.3 Å². The van der Waals surface area contributed by atoms with Gasteiger partial charge in [-0.05, 0) is 25.2 Å². The predicted octanol–water partition coefficient (Wildman–Crippen LogP) is 0.890. The molecule has 0 bridgehead atoms. The van der Waals surface area contributed by atoms with Crippen molar-refractivity contribution in [2.75, 3.05) is 0 Å². The van der Waals surface area contributed by atoms with E-state index in [1.807, 2.05) is 6.92 Å². The van der Waals surface area contributed by atoms with E-state index in [1.54, 1.807) is 0 Å². The van der Waals surface area contributed by atoms with Crippen LogP contribution in [0.5, 0.6) is 0 Å². The van der Waals surface area contributed by atoms with E-state index in [9.17, 15) is 9.59 Å². The van der Waals surface area contributed by atoms with Gasteiger partial charge < -0.3 is 9.47 Å². The van der Waals surface area contributed by atoms with Crippen molar-refractivity contribution >= 4 is 12.9 Å². The third kappa shape index (κ3) is 2.44. The molecule has 0 N–H and O–H groups in total. The molecule has 3 unspecified atom stereocenters. The lowest BCUT2D eigenvalue weighted by Crippen LogP contribution is -2.39. The molecule has 0 aliphatic heterocycles. The Kier molecular flexibility index (Phi) is 3.73. The minimum Gasteiger partial charge on any atom is -0.461 e. The molecule has 0 aromatic rings. The van der Waals surface area contributed by atoms with Gasteiger partial charge in [0.25, 0.3) is 12.9 Å². The van der Waals surface area contributed by atoms with E-state index in [-0.39, 0.29) is 18.1 Å². The van der Waals surface area contributed by atoms with Crippen LogP contribution in [0.1, 0.15) is 26.2 Å². The van der Waals surface area contributed by atoms with Crippen LogP contribution in [0.4, 0.5) is 0 Å². The van der Waals surface area contributed by atoms with Crippen LogP contribution < -0.4 is 0 Å². The minimum atomic E-state index is -0.267.